The second-order valence-corrected chi connectivity index (χ2v) is 10.7. The van der Waals surface area contributed by atoms with E-state index >= 15 is 0 Å². The van der Waals surface area contributed by atoms with Crippen molar-refractivity contribution in [2.45, 2.75) is 52.4 Å². The Balaban J connectivity index is 1.79. The third-order valence-corrected chi connectivity index (χ3v) is 6.54. The van der Waals surface area contributed by atoms with Crippen molar-refractivity contribution in [2.75, 3.05) is 0 Å². The first-order valence-electron chi connectivity index (χ1n) is 9.71. The second kappa shape index (κ2) is 6.21. The van der Waals surface area contributed by atoms with Gasteiger partial charge in [-0.05, 0) is 45.2 Å². The normalized spacial score (nSPS) is 12.8. The highest BCUT2D eigenvalue weighted by atomic mass is 32.1. The molecule has 0 fully saturated rings. The van der Waals surface area contributed by atoms with Crippen LogP contribution in [-0.4, -0.2) is 0 Å². The van der Waals surface area contributed by atoms with E-state index in [0.29, 0.717) is 0 Å². The lowest BCUT2D eigenvalue weighted by Gasteiger charge is -2.19. The van der Waals surface area contributed by atoms with Crippen molar-refractivity contribution < 1.29 is 0 Å². The van der Waals surface area contributed by atoms with Gasteiger partial charge in [0.2, 0.25) is 0 Å². The van der Waals surface area contributed by atoms with Crippen LogP contribution in [0.2, 0.25) is 0 Å². The molecule has 0 saturated heterocycles. The predicted octanol–water partition coefficient (Wildman–Crippen LogP) is 8.32. The smallest absolute Gasteiger partial charge is 0.0361 e. The van der Waals surface area contributed by atoms with Crippen molar-refractivity contribution in [3.05, 3.63) is 71.8 Å². The van der Waals surface area contributed by atoms with E-state index in [-0.39, 0.29) is 10.8 Å². The van der Waals surface area contributed by atoms with Gasteiger partial charge in [-0.25, -0.2) is 0 Å². The molecular weight excluding hydrogens is 344 g/mol. The van der Waals surface area contributed by atoms with Crippen LogP contribution in [0.5, 0.6) is 0 Å². The minimum Gasteiger partial charge on any atom is -0.135 e. The third-order valence-electron chi connectivity index (χ3n) is 5.42. The molecule has 0 N–H and O–H groups in total. The number of thiophene rings is 1. The topological polar surface area (TPSA) is 0 Å². The van der Waals surface area contributed by atoms with Crippen LogP contribution in [0.25, 0.3) is 31.3 Å². The molecule has 1 aromatic heterocycles. The van der Waals surface area contributed by atoms with Crippen LogP contribution in [0, 0.1) is 0 Å². The Kier molecular flexibility index (Phi) is 4.20. The van der Waals surface area contributed by atoms with Crippen molar-refractivity contribution in [3.63, 3.8) is 0 Å². The largest absolute Gasteiger partial charge is 0.135 e. The van der Waals surface area contributed by atoms with Crippen LogP contribution in [0.15, 0.2) is 60.7 Å². The maximum absolute atomic E-state index is 2.37. The van der Waals surface area contributed by atoms with E-state index in [2.05, 4.69) is 102 Å². The Labute approximate surface area is 166 Å². The van der Waals surface area contributed by atoms with Gasteiger partial charge in [-0.3, -0.25) is 0 Å². The summed E-state index contributed by atoms with van der Waals surface area (Å²) in [6, 6.07) is 22.9. The molecule has 138 valence electrons. The molecule has 1 heterocycles. The SMILES string of the molecule is CC(C)(C)c1ccc(-c2ccc3c(c2)sc2cc(C(C)(C)C)ccc23)cc1. The molecule has 0 unspecified atom stereocenters. The van der Waals surface area contributed by atoms with E-state index in [0.717, 1.165) is 0 Å². The first-order valence-corrected chi connectivity index (χ1v) is 10.5. The number of fused-ring (bicyclic) bond motifs is 3. The van der Waals surface area contributed by atoms with Crippen molar-refractivity contribution in [1.29, 1.82) is 0 Å². The summed E-state index contributed by atoms with van der Waals surface area (Å²) in [5.74, 6) is 0. The minimum atomic E-state index is 0.185. The van der Waals surface area contributed by atoms with E-state index in [1.165, 1.54) is 42.4 Å². The van der Waals surface area contributed by atoms with E-state index in [9.17, 15) is 0 Å². The summed E-state index contributed by atoms with van der Waals surface area (Å²) in [5, 5.41) is 2.74. The van der Waals surface area contributed by atoms with Gasteiger partial charge in [0, 0.05) is 20.2 Å². The predicted molar refractivity (Wildman–Crippen MR) is 122 cm³/mol. The molecule has 3 aromatic carbocycles. The first kappa shape index (κ1) is 18.3. The van der Waals surface area contributed by atoms with Gasteiger partial charge in [0.15, 0.2) is 0 Å². The minimum absolute atomic E-state index is 0.185. The zero-order chi connectivity index (χ0) is 19.4. The molecule has 0 aliphatic carbocycles. The van der Waals surface area contributed by atoms with Gasteiger partial charge in [0.05, 0.1) is 0 Å². The molecule has 1 heteroatoms. The molecule has 0 saturated carbocycles. The van der Waals surface area contributed by atoms with Gasteiger partial charge < -0.3 is 0 Å². The molecule has 0 nitrogen and oxygen atoms in total. The van der Waals surface area contributed by atoms with Gasteiger partial charge >= 0.3 is 0 Å². The fourth-order valence-corrected chi connectivity index (χ4v) is 4.77. The van der Waals surface area contributed by atoms with Crippen LogP contribution in [0.3, 0.4) is 0 Å². The summed E-state index contributed by atoms with van der Waals surface area (Å²) in [6.45, 7) is 13.6. The lowest BCUT2D eigenvalue weighted by molar-refractivity contribution is 0.590. The third kappa shape index (κ3) is 3.41. The van der Waals surface area contributed by atoms with Crippen molar-refractivity contribution in [2.24, 2.45) is 0 Å². The molecule has 4 rings (SSSR count). The van der Waals surface area contributed by atoms with Crippen LogP contribution in [0.4, 0.5) is 0 Å². The summed E-state index contributed by atoms with van der Waals surface area (Å²) in [5.41, 5.74) is 5.75. The molecule has 0 radical (unpaired) electrons. The van der Waals surface area contributed by atoms with Crippen LogP contribution in [0.1, 0.15) is 52.7 Å². The molecule has 0 atom stereocenters. The summed E-state index contributed by atoms with van der Waals surface area (Å²) < 4.78 is 2.76. The fraction of sp³-hybridized carbons (Fsp3) is 0.308. The second-order valence-electron chi connectivity index (χ2n) is 9.60. The van der Waals surface area contributed by atoms with Gasteiger partial charge in [-0.1, -0.05) is 90.1 Å². The highest BCUT2D eigenvalue weighted by Crippen LogP contribution is 2.38. The van der Waals surface area contributed by atoms with Crippen LogP contribution >= 0.6 is 11.3 Å². The highest BCUT2D eigenvalue weighted by Gasteiger charge is 2.16. The van der Waals surface area contributed by atoms with Gasteiger partial charge in [-0.15, -0.1) is 11.3 Å². The maximum atomic E-state index is 2.37. The Hall–Kier alpha value is -2.12. The number of hydrogen-bond donors (Lipinski definition) is 0. The molecule has 0 aliphatic heterocycles. The Morgan fingerprint density at radius 2 is 1.00 bits per heavy atom. The lowest BCUT2D eigenvalue weighted by Crippen LogP contribution is -2.10. The lowest BCUT2D eigenvalue weighted by atomic mass is 9.86. The zero-order valence-electron chi connectivity index (χ0n) is 17.2. The fourth-order valence-electron chi connectivity index (χ4n) is 3.59. The van der Waals surface area contributed by atoms with E-state index < -0.39 is 0 Å². The van der Waals surface area contributed by atoms with Crippen molar-refractivity contribution in [3.8, 4) is 11.1 Å². The average molecular weight is 373 g/mol. The van der Waals surface area contributed by atoms with Gasteiger partial charge in [0.1, 0.15) is 0 Å². The summed E-state index contributed by atoms with van der Waals surface area (Å²) >= 11 is 1.91. The molecule has 0 spiro atoms. The Morgan fingerprint density at radius 1 is 0.519 bits per heavy atom. The molecule has 27 heavy (non-hydrogen) atoms. The number of benzene rings is 3. The summed E-state index contributed by atoms with van der Waals surface area (Å²) in [7, 11) is 0. The van der Waals surface area contributed by atoms with Gasteiger partial charge in [0.25, 0.3) is 0 Å². The molecule has 4 aromatic rings. The van der Waals surface area contributed by atoms with Crippen molar-refractivity contribution in [1.82, 2.24) is 0 Å². The summed E-state index contributed by atoms with van der Waals surface area (Å²) in [4.78, 5) is 0. The monoisotopic (exact) mass is 372 g/mol. The summed E-state index contributed by atoms with van der Waals surface area (Å²) in [6.07, 6.45) is 0. The van der Waals surface area contributed by atoms with Gasteiger partial charge in [-0.2, -0.15) is 0 Å². The highest BCUT2D eigenvalue weighted by molar-refractivity contribution is 7.25. The first-order chi connectivity index (χ1) is 12.6. The average Bonchev–Trinajstić information content (AvgIpc) is 2.97. The Bertz CT molecular complexity index is 1110. The molecule has 0 amide bonds. The Morgan fingerprint density at radius 3 is 1.59 bits per heavy atom. The molecule has 0 bridgehead atoms. The van der Waals surface area contributed by atoms with Crippen LogP contribution in [-0.2, 0) is 10.8 Å². The zero-order valence-corrected chi connectivity index (χ0v) is 18.0. The number of rotatable bonds is 1. The molecular formula is C26H28S. The maximum Gasteiger partial charge on any atom is 0.0361 e. The number of hydrogen-bond acceptors (Lipinski definition) is 1. The van der Waals surface area contributed by atoms with E-state index in [4.69, 9.17) is 0 Å². The van der Waals surface area contributed by atoms with E-state index in [1.807, 2.05) is 11.3 Å². The van der Waals surface area contributed by atoms with E-state index in [1.54, 1.807) is 0 Å². The quantitative estimate of drug-likeness (QED) is 0.315. The molecule has 0 aliphatic rings. The van der Waals surface area contributed by atoms with Crippen molar-refractivity contribution >= 4 is 31.5 Å². The van der Waals surface area contributed by atoms with Crippen LogP contribution < -0.4 is 0 Å². The standard InChI is InChI=1S/C26H28S/c1-25(2,3)19-10-7-17(8-11-19)18-9-13-21-22-14-12-20(26(4,5)6)16-24(22)27-23(21)15-18/h7-16H,1-6H3.